The Hall–Kier alpha value is -0.520. The topological polar surface area (TPSA) is 42.9 Å². The van der Waals surface area contributed by atoms with Gasteiger partial charge in [0.25, 0.3) is 0 Å². The molecule has 21 heavy (non-hydrogen) atoms. The molecule has 0 aromatic carbocycles. The fraction of sp³-hybridized carbons (Fsp3) is 0.800. The number of piperazine rings is 1. The number of guanidine groups is 1. The first kappa shape index (κ1) is 20.5. The molecule has 1 aliphatic heterocycles. The molecule has 1 aliphatic rings. The van der Waals surface area contributed by atoms with Crippen LogP contribution < -0.4 is 10.6 Å². The van der Waals surface area contributed by atoms with Gasteiger partial charge in [-0.1, -0.05) is 12.8 Å². The van der Waals surface area contributed by atoms with Crippen LogP contribution in [0, 0.1) is 12.3 Å². The zero-order chi connectivity index (χ0) is 14.8. The SMILES string of the molecule is C#CCNC(=NCC(C)N1CCN(CC)CC1)NCC.I. The Morgan fingerprint density at radius 3 is 2.43 bits per heavy atom. The van der Waals surface area contributed by atoms with E-state index in [0.29, 0.717) is 12.6 Å². The Morgan fingerprint density at radius 2 is 1.90 bits per heavy atom. The number of rotatable bonds is 6. The number of halogens is 1. The van der Waals surface area contributed by atoms with Crippen molar-refractivity contribution < 1.29 is 0 Å². The summed E-state index contributed by atoms with van der Waals surface area (Å²) >= 11 is 0. The molecule has 0 amide bonds. The van der Waals surface area contributed by atoms with Crippen LogP contribution in [0.4, 0.5) is 0 Å². The van der Waals surface area contributed by atoms with Gasteiger partial charge < -0.3 is 15.5 Å². The third-order valence-electron chi connectivity index (χ3n) is 3.69. The minimum absolute atomic E-state index is 0. The monoisotopic (exact) mass is 407 g/mol. The van der Waals surface area contributed by atoms with Gasteiger partial charge in [-0.3, -0.25) is 9.89 Å². The van der Waals surface area contributed by atoms with Gasteiger partial charge in [0.15, 0.2) is 5.96 Å². The lowest BCUT2D eigenvalue weighted by molar-refractivity contribution is 0.109. The molecule has 0 spiro atoms. The fourth-order valence-corrected chi connectivity index (χ4v) is 2.34. The fourth-order valence-electron chi connectivity index (χ4n) is 2.34. The molecule has 0 aliphatic carbocycles. The molecule has 0 radical (unpaired) electrons. The normalized spacial score (nSPS) is 18.5. The van der Waals surface area contributed by atoms with E-state index in [2.05, 4.69) is 52.1 Å². The van der Waals surface area contributed by atoms with Crippen molar-refractivity contribution in [1.29, 1.82) is 0 Å². The van der Waals surface area contributed by atoms with E-state index >= 15 is 0 Å². The maximum absolute atomic E-state index is 5.26. The molecular formula is C15H30IN5. The van der Waals surface area contributed by atoms with Crippen molar-refractivity contribution in [3.63, 3.8) is 0 Å². The van der Waals surface area contributed by atoms with E-state index < -0.39 is 0 Å². The molecule has 1 saturated heterocycles. The summed E-state index contributed by atoms with van der Waals surface area (Å²) in [6, 6.07) is 0.468. The van der Waals surface area contributed by atoms with E-state index in [-0.39, 0.29) is 24.0 Å². The highest BCUT2D eigenvalue weighted by Gasteiger charge is 2.19. The molecule has 1 atom stereocenters. The largest absolute Gasteiger partial charge is 0.357 e. The van der Waals surface area contributed by atoms with E-state index in [1.807, 2.05) is 0 Å². The van der Waals surface area contributed by atoms with Crippen LogP contribution in [0.15, 0.2) is 4.99 Å². The predicted octanol–water partition coefficient (Wildman–Crippen LogP) is 0.819. The van der Waals surface area contributed by atoms with Crippen molar-refractivity contribution in [3.8, 4) is 12.3 Å². The number of terminal acetylenes is 1. The van der Waals surface area contributed by atoms with Crippen molar-refractivity contribution in [1.82, 2.24) is 20.4 Å². The highest BCUT2D eigenvalue weighted by Crippen LogP contribution is 2.06. The molecule has 0 saturated carbocycles. The number of aliphatic imine (C=N–C) groups is 1. The van der Waals surface area contributed by atoms with Crippen LogP contribution in [-0.2, 0) is 0 Å². The van der Waals surface area contributed by atoms with Gasteiger partial charge in [0.1, 0.15) is 0 Å². The Kier molecular flexibility index (Phi) is 11.8. The molecule has 1 unspecified atom stereocenters. The summed E-state index contributed by atoms with van der Waals surface area (Å²) < 4.78 is 0. The Bertz CT molecular complexity index is 331. The second kappa shape index (κ2) is 12.1. The minimum Gasteiger partial charge on any atom is -0.357 e. The smallest absolute Gasteiger partial charge is 0.192 e. The Labute approximate surface area is 147 Å². The van der Waals surface area contributed by atoms with Crippen molar-refractivity contribution in [2.24, 2.45) is 4.99 Å². The maximum atomic E-state index is 5.26. The second-order valence-electron chi connectivity index (χ2n) is 5.10. The third kappa shape index (κ3) is 7.88. The predicted molar refractivity (Wildman–Crippen MR) is 101 cm³/mol. The van der Waals surface area contributed by atoms with E-state index in [1.165, 1.54) is 13.1 Å². The van der Waals surface area contributed by atoms with Crippen LogP contribution in [0.3, 0.4) is 0 Å². The molecule has 1 heterocycles. The quantitative estimate of drug-likeness (QED) is 0.296. The maximum Gasteiger partial charge on any atom is 0.192 e. The van der Waals surface area contributed by atoms with Gasteiger partial charge >= 0.3 is 0 Å². The summed E-state index contributed by atoms with van der Waals surface area (Å²) in [6.45, 7) is 14.4. The van der Waals surface area contributed by atoms with Gasteiger partial charge in [-0.15, -0.1) is 30.4 Å². The van der Waals surface area contributed by atoms with Crippen molar-refractivity contribution in [2.75, 3.05) is 52.4 Å². The Balaban J connectivity index is 0.00000400. The van der Waals surface area contributed by atoms with Gasteiger partial charge in [0.05, 0.1) is 13.1 Å². The summed E-state index contributed by atoms with van der Waals surface area (Å²) in [5.74, 6) is 3.38. The van der Waals surface area contributed by atoms with E-state index in [4.69, 9.17) is 6.42 Å². The lowest BCUT2D eigenvalue weighted by atomic mass is 10.2. The first-order chi connectivity index (χ1) is 9.71. The van der Waals surface area contributed by atoms with Crippen molar-refractivity contribution in [3.05, 3.63) is 0 Å². The molecule has 0 aromatic rings. The molecule has 1 fully saturated rings. The number of hydrogen-bond acceptors (Lipinski definition) is 3. The molecule has 5 nitrogen and oxygen atoms in total. The van der Waals surface area contributed by atoms with Crippen LogP contribution in [0.1, 0.15) is 20.8 Å². The van der Waals surface area contributed by atoms with Crippen LogP contribution in [0.5, 0.6) is 0 Å². The summed E-state index contributed by atoms with van der Waals surface area (Å²) in [7, 11) is 0. The van der Waals surface area contributed by atoms with Gasteiger partial charge in [-0.2, -0.15) is 0 Å². The van der Waals surface area contributed by atoms with Gasteiger partial charge in [0, 0.05) is 38.8 Å². The van der Waals surface area contributed by atoms with Gasteiger partial charge in [-0.25, -0.2) is 0 Å². The van der Waals surface area contributed by atoms with Gasteiger partial charge in [0.2, 0.25) is 0 Å². The van der Waals surface area contributed by atoms with Crippen molar-refractivity contribution in [2.45, 2.75) is 26.8 Å². The van der Waals surface area contributed by atoms with Crippen LogP contribution in [0.25, 0.3) is 0 Å². The highest BCUT2D eigenvalue weighted by molar-refractivity contribution is 14.0. The molecular weight excluding hydrogens is 377 g/mol. The first-order valence-corrected chi connectivity index (χ1v) is 7.63. The zero-order valence-corrected chi connectivity index (χ0v) is 15.9. The summed E-state index contributed by atoms with van der Waals surface area (Å²) in [5, 5.41) is 6.33. The molecule has 1 rings (SSSR count). The van der Waals surface area contributed by atoms with Crippen LogP contribution in [0.2, 0.25) is 0 Å². The number of nitrogens with zero attached hydrogens (tertiary/aromatic N) is 3. The van der Waals surface area contributed by atoms with Gasteiger partial charge in [-0.05, 0) is 20.4 Å². The number of nitrogens with one attached hydrogen (secondary N) is 2. The highest BCUT2D eigenvalue weighted by atomic mass is 127. The van der Waals surface area contributed by atoms with E-state index in [9.17, 15) is 0 Å². The lowest BCUT2D eigenvalue weighted by Gasteiger charge is -2.37. The number of hydrogen-bond donors (Lipinski definition) is 2. The lowest BCUT2D eigenvalue weighted by Crippen LogP contribution is -2.50. The zero-order valence-electron chi connectivity index (χ0n) is 13.6. The summed E-state index contributed by atoms with van der Waals surface area (Å²) in [5.41, 5.74) is 0. The summed E-state index contributed by atoms with van der Waals surface area (Å²) in [4.78, 5) is 9.61. The molecule has 6 heteroatoms. The average Bonchev–Trinajstić information content (AvgIpc) is 2.49. The van der Waals surface area contributed by atoms with Crippen LogP contribution in [-0.4, -0.2) is 74.2 Å². The number of likely N-dealkylation sites (N-methyl/N-ethyl adjacent to an activating group) is 1. The second-order valence-corrected chi connectivity index (χ2v) is 5.10. The molecule has 122 valence electrons. The van der Waals surface area contributed by atoms with E-state index in [0.717, 1.165) is 38.7 Å². The minimum atomic E-state index is 0. The summed E-state index contributed by atoms with van der Waals surface area (Å²) in [6.07, 6.45) is 5.26. The third-order valence-corrected chi connectivity index (χ3v) is 3.69. The average molecular weight is 407 g/mol. The Morgan fingerprint density at radius 1 is 1.24 bits per heavy atom. The molecule has 0 bridgehead atoms. The van der Waals surface area contributed by atoms with E-state index in [1.54, 1.807) is 0 Å². The van der Waals surface area contributed by atoms with Crippen LogP contribution >= 0.6 is 24.0 Å². The standard InChI is InChI=1S/C15H29N5.HI/c1-5-8-17-15(16-6-2)18-13-14(4)20-11-9-19(7-3)10-12-20;/h1,14H,6-13H2,2-4H3,(H2,16,17,18);1H. The first-order valence-electron chi connectivity index (χ1n) is 7.63. The van der Waals surface area contributed by atoms with Crippen molar-refractivity contribution >= 4 is 29.9 Å². The molecule has 0 aromatic heterocycles. The molecule has 2 N–H and O–H groups in total.